The zero-order chi connectivity index (χ0) is 59.0. The Morgan fingerprint density at radius 1 is 0.444 bits per heavy atom. The molecule has 0 spiro atoms. The van der Waals surface area contributed by atoms with E-state index in [1.54, 1.807) is 111 Å². The van der Waals surface area contributed by atoms with Gasteiger partial charge in [-0.15, -0.1) is 0 Å². The summed E-state index contributed by atoms with van der Waals surface area (Å²) in [7, 11) is 7.16. The van der Waals surface area contributed by atoms with E-state index in [0.29, 0.717) is 58.6 Å². The summed E-state index contributed by atoms with van der Waals surface area (Å²) in [5, 5.41) is 0. The number of allylic oxidation sites excluding steroid dienone is 1. The molecule has 7 aromatic rings. The van der Waals surface area contributed by atoms with Gasteiger partial charge < -0.3 is 37.9 Å². The first-order valence-electron chi connectivity index (χ1n) is 26.5. The fourth-order valence-corrected chi connectivity index (χ4v) is 8.59. The quantitative estimate of drug-likeness (QED) is 0.0586. The van der Waals surface area contributed by atoms with Crippen molar-refractivity contribution in [1.29, 1.82) is 0 Å². The van der Waals surface area contributed by atoms with Crippen molar-refractivity contribution < 1.29 is 73.0 Å². The zero-order valence-electron chi connectivity index (χ0n) is 47.1. The van der Waals surface area contributed by atoms with Crippen LogP contribution in [0.5, 0.6) is 40.2 Å². The number of hydrogen-bond donors (Lipinski definition) is 0. The van der Waals surface area contributed by atoms with Crippen molar-refractivity contribution in [1.82, 2.24) is 0 Å². The molecule has 0 atom stereocenters. The van der Waals surface area contributed by atoms with Crippen LogP contribution in [-0.2, 0) is 4.74 Å². The summed E-state index contributed by atoms with van der Waals surface area (Å²) in [6.45, 7) is 9.61. The minimum Gasteiger partial charge on any atom is -0.497 e. The molecule has 0 aromatic heterocycles. The van der Waals surface area contributed by atoms with E-state index in [4.69, 9.17) is 37.9 Å². The van der Waals surface area contributed by atoms with Gasteiger partial charge in [-0.05, 0) is 164 Å². The molecule has 8 nitrogen and oxygen atoms in total. The molecule has 0 bridgehead atoms. The van der Waals surface area contributed by atoms with Gasteiger partial charge in [0.25, 0.3) is 0 Å². The van der Waals surface area contributed by atoms with E-state index >= 15 is 0 Å². The van der Waals surface area contributed by atoms with E-state index in [1.165, 1.54) is 57.7 Å². The van der Waals surface area contributed by atoms with Crippen LogP contribution in [0, 0.1) is 58.4 Å². The number of hydrogen-bond acceptors (Lipinski definition) is 8. The fourth-order valence-electron chi connectivity index (χ4n) is 8.59. The minimum atomic E-state index is -0.987. The number of halogens is 8. The van der Waals surface area contributed by atoms with Gasteiger partial charge in [-0.2, -0.15) is 17.6 Å². The number of benzene rings is 7. The topological polar surface area (TPSA) is 73.8 Å². The van der Waals surface area contributed by atoms with Crippen molar-refractivity contribution in [3.05, 3.63) is 186 Å². The second-order valence-corrected chi connectivity index (χ2v) is 19.0. The van der Waals surface area contributed by atoms with Crippen LogP contribution in [0.4, 0.5) is 35.1 Å². The van der Waals surface area contributed by atoms with E-state index in [2.05, 4.69) is 0 Å². The molecule has 1 saturated carbocycles. The Kier molecular flexibility index (Phi) is 25.7. The first-order chi connectivity index (χ1) is 39.0. The van der Waals surface area contributed by atoms with Crippen molar-refractivity contribution >= 4 is 0 Å². The summed E-state index contributed by atoms with van der Waals surface area (Å²) in [5.41, 5.74) is 2.81. The molecular weight excluding hydrogens is 1060 g/mol. The molecule has 0 aliphatic heterocycles. The smallest absolute Gasteiger partial charge is 0.201 e. The third kappa shape index (κ3) is 17.9. The third-order valence-corrected chi connectivity index (χ3v) is 13.0. The molecule has 1 aliphatic carbocycles. The molecule has 7 aromatic carbocycles. The average Bonchev–Trinajstić information content (AvgIpc) is 3.52. The largest absolute Gasteiger partial charge is 0.497 e. The molecule has 0 radical (unpaired) electrons. The highest BCUT2D eigenvalue weighted by molar-refractivity contribution is 5.68. The van der Waals surface area contributed by atoms with Gasteiger partial charge in [-0.1, -0.05) is 69.3 Å². The van der Waals surface area contributed by atoms with Gasteiger partial charge in [0, 0.05) is 30.4 Å². The molecule has 0 unspecified atom stereocenters. The molecule has 0 amide bonds. The van der Waals surface area contributed by atoms with Crippen LogP contribution in [0.3, 0.4) is 0 Å². The lowest BCUT2D eigenvalue weighted by Crippen LogP contribution is -2.16. The molecule has 1 aliphatic rings. The molecule has 1 fully saturated rings. The maximum Gasteiger partial charge on any atom is 0.201 e. The SMILES string of the molecule is C/C=C/Oc1ccc(-c2ccc(OC)c(F)c2F)cc1.CCCOc1ccc(-c2ccc(OC)c(F)c2F)cc1.COCCC1CCC(c2ccc(OCC(C)C)c(F)c2F)CC1.COc1ccc(-c2ccc(OC)c(F)c2F)cc1. The van der Waals surface area contributed by atoms with Crippen LogP contribution in [0.2, 0.25) is 0 Å². The van der Waals surface area contributed by atoms with Crippen molar-refractivity contribution in [2.24, 2.45) is 11.8 Å². The van der Waals surface area contributed by atoms with Crippen molar-refractivity contribution in [2.75, 3.05) is 55.4 Å². The molecule has 16 heteroatoms. The van der Waals surface area contributed by atoms with Gasteiger partial charge in [-0.3, -0.25) is 0 Å². The van der Waals surface area contributed by atoms with Gasteiger partial charge >= 0.3 is 0 Å². The fraction of sp³-hybridized carbons (Fsp3) is 0.323. The van der Waals surface area contributed by atoms with Crippen molar-refractivity contribution in [3.63, 3.8) is 0 Å². The Hall–Kier alpha value is -7.72. The summed E-state index contributed by atoms with van der Waals surface area (Å²) >= 11 is 0. The standard InChI is InChI=1S/C19H28F2O2.C16H16F2O2.C16H14F2O2.C14H12F2O2/c1-13(2)12-23-17-9-8-16(18(20)19(17)21)15-6-4-14(5-7-15)10-11-22-3;2*1-3-10-20-12-6-4-11(5-7-12)13-8-9-14(19-2)16(18)15(13)17;1-17-10-5-3-9(4-6-10)11-7-8-12(18-2)14(16)13(11)15/h8-9,13-15H,4-7,10-12H2,1-3H3;4-9H,3,10H2,1-2H3;3-10H,1-2H3;3-8H,1-2H3/b;;10-3+;. The number of rotatable bonds is 19. The van der Waals surface area contributed by atoms with Gasteiger partial charge in [0.2, 0.25) is 23.3 Å². The lowest BCUT2D eigenvalue weighted by molar-refractivity contribution is 0.162. The average molecular weight is 1130 g/mol. The third-order valence-electron chi connectivity index (χ3n) is 13.0. The first-order valence-corrected chi connectivity index (χ1v) is 26.5. The molecule has 0 saturated heterocycles. The maximum absolute atomic E-state index is 14.4. The summed E-state index contributed by atoms with van der Waals surface area (Å²) in [6.07, 6.45) is 9.21. The Balaban J connectivity index is 0.000000199. The first kappa shape index (κ1) is 64.1. The van der Waals surface area contributed by atoms with Crippen LogP contribution in [0.1, 0.15) is 77.7 Å². The van der Waals surface area contributed by atoms with Crippen LogP contribution in [-0.4, -0.2) is 55.4 Å². The zero-order valence-corrected chi connectivity index (χ0v) is 47.1. The minimum absolute atomic E-state index is 0.0220. The molecular formula is C65H70F8O8. The Bertz CT molecular complexity index is 3070. The molecule has 81 heavy (non-hydrogen) atoms. The van der Waals surface area contributed by atoms with E-state index in [-0.39, 0.29) is 51.5 Å². The Labute approximate surface area is 470 Å². The van der Waals surface area contributed by atoms with Gasteiger partial charge in [0.15, 0.2) is 46.3 Å². The number of methoxy groups -OCH3 is 5. The van der Waals surface area contributed by atoms with Crippen LogP contribution < -0.4 is 33.2 Å². The summed E-state index contributed by atoms with van der Waals surface area (Å²) in [4.78, 5) is 0. The van der Waals surface area contributed by atoms with Crippen molar-refractivity contribution in [3.8, 4) is 73.6 Å². The summed E-state index contributed by atoms with van der Waals surface area (Å²) in [5.74, 6) is -4.53. The second kappa shape index (κ2) is 32.5. The molecule has 8 rings (SSSR count). The van der Waals surface area contributed by atoms with Crippen LogP contribution >= 0.6 is 0 Å². The molecule has 0 N–H and O–H groups in total. The predicted octanol–water partition coefficient (Wildman–Crippen LogP) is 17.9. The summed E-state index contributed by atoms with van der Waals surface area (Å²) in [6, 6.07) is 32.3. The van der Waals surface area contributed by atoms with E-state index in [9.17, 15) is 35.1 Å². The monoisotopic (exact) mass is 1130 g/mol. The van der Waals surface area contributed by atoms with E-state index in [0.717, 1.165) is 45.1 Å². The Morgan fingerprint density at radius 2 is 0.864 bits per heavy atom. The summed E-state index contributed by atoms with van der Waals surface area (Å²) < 4.78 is 152. The normalized spacial score (nSPS) is 13.7. The highest BCUT2D eigenvalue weighted by Gasteiger charge is 2.27. The lowest BCUT2D eigenvalue weighted by Gasteiger charge is -2.29. The van der Waals surface area contributed by atoms with Gasteiger partial charge in [0.05, 0.1) is 47.9 Å². The van der Waals surface area contributed by atoms with Gasteiger partial charge in [-0.25, -0.2) is 17.6 Å². The lowest BCUT2D eigenvalue weighted by atomic mass is 9.77. The maximum atomic E-state index is 14.4. The predicted molar refractivity (Wildman–Crippen MR) is 301 cm³/mol. The highest BCUT2D eigenvalue weighted by atomic mass is 19.2. The molecule has 0 heterocycles. The van der Waals surface area contributed by atoms with Crippen molar-refractivity contribution in [2.45, 2.75) is 72.1 Å². The van der Waals surface area contributed by atoms with E-state index < -0.39 is 46.5 Å². The second-order valence-electron chi connectivity index (χ2n) is 19.0. The van der Waals surface area contributed by atoms with Crippen LogP contribution in [0.15, 0.2) is 134 Å². The Morgan fingerprint density at radius 3 is 1.26 bits per heavy atom. The van der Waals surface area contributed by atoms with Crippen LogP contribution in [0.25, 0.3) is 33.4 Å². The highest BCUT2D eigenvalue weighted by Crippen LogP contribution is 2.40. The van der Waals surface area contributed by atoms with Gasteiger partial charge in [0.1, 0.15) is 17.2 Å². The molecule has 434 valence electrons. The number of ether oxygens (including phenoxy) is 8. The van der Waals surface area contributed by atoms with E-state index in [1.807, 2.05) is 27.7 Å².